The maximum absolute atomic E-state index is 13.0. The van der Waals surface area contributed by atoms with Gasteiger partial charge in [-0.3, -0.25) is 18.7 Å². The van der Waals surface area contributed by atoms with E-state index in [9.17, 15) is 4.79 Å². The summed E-state index contributed by atoms with van der Waals surface area (Å²) in [7, 11) is 0. The van der Waals surface area contributed by atoms with E-state index >= 15 is 0 Å². The molecule has 0 N–H and O–H groups in total. The summed E-state index contributed by atoms with van der Waals surface area (Å²) in [6, 6.07) is 7.79. The highest BCUT2D eigenvalue weighted by Crippen LogP contribution is 2.18. The first-order valence-corrected chi connectivity index (χ1v) is 9.23. The maximum atomic E-state index is 13.0. The second-order valence-corrected chi connectivity index (χ2v) is 7.39. The van der Waals surface area contributed by atoms with Gasteiger partial charge in [-0.1, -0.05) is 26.0 Å². The molecule has 1 fully saturated rings. The third-order valence-corrected chi connectivity index (χ3v) is 5.07. The van der Waals surface area contributed by atoms with E-state index in [0.717, 1.165) is 42.8 Å². The van der Waals surface area contributed by atoms with Crippen LogP contribution in [0.25, 0.3) is 16.7 Å². The third-order valence-electron chi connectivity index (χ3n) is 5.07. The quantitative estimate of drug-likeness (QED) is 0.717. The Balaban J connectivity index is 1.90. The Morgan fingerprint density at radius 3 is 2.64 bits per heavy atom. The number of likely N-dealkylation sites (tertiary alicyclic amines) is 1. The van der Waals surface area contributed by atoms with Crippen molar-refractivity contribution in [3.05, 3.63) is 40.4 Å². The van der Waals surface area contributed by atoms with Crippen molar-refractivity contribution in [2.24, 2.45) is 5.92 Å². The molecule has 6 nitrogen and oxygen atoms in total. The van der Waals surface area contributed by atoms with Crippen molar-refractivity contribution < 1.29 is 0 Å². The van der Waals surface area contributed by atoms with E-state index < -0.39 is 0 Å². The fourth-order valence-electron chi connectivity index (χ4n) is 3.65. The molecule has 1 aliphatic heterocycles. The number of aryl methyl sites for hydroxylation is 1. The van der Waals surface area contributed by atoms with Crippen molar-refractivity contribution in [3.63, 3.8) is 0 Å². The molecule has 1 aliphatic rings. The van der Waals surface area contributed by atoms with Gasteiger partial charge < -0.3 is 0 Å². The second-order valence-electron chi connectivity index (χ2n) is 7.39. The van der Waals surface area contributed by atoms with Gasteiger partial charge in [-0.25, -0.2) is 0 Å². The number of para-hydroxylation sites is 1. The SMILES string of the molecule is CC(C)CCn1c(=O)c2ccccc2n2c(CN3CCCC3)nnc12. The molecular formula is C19H25N5O. The second kappa shape index (κ2) is 6.59. The number of hydrogen-bond acceptors (Lipinski definition) is 4. The van der Waals surface area contributed by atoms with Gasteiger partial charge in [0.05, 0.1) is 17.4 Å². The first kappa shape index (κ1) is 16.3. The number of rotatable bonds is 5. The molecule has 0 amide bonds. The number of nitrogens with zero attached hydrogens (tertiary/aromatic N) is 5. The lowest BCUT2D eigenvalue weighted by atomic mass is 10.1. The summed E-state index contributed by atoms with van der Waals surface area (Å²) in [4.78, 5) is 15.4. The molecule has 3 heterocycles. The van der Waals surface area contributed by atoms with Crippen LogP contribution in [0.5, 0.6) is 0 Å². The molecule has 2 aromatic heterocycles. The van der Waals surface area contributed by atoms with Crippen LogP contribution in [-0.2, 0) is 13.1 Å². The molecule has 3 aromatic rings. The Hall–Kier alpha value is -2.21. The van der Waals surface area contributed by atoms with E-state index in [1.807, 2.05) is 24.3 Å². The van der Waals surface area contributed by atoms with Gasteiger partial charge in [0.25, 0.3) is 5.56 Å². The van der Waals surface area contributed by atoms with Crippen molar-refractivity contribution in [3.8, 4) is 0 Å². The van der Waals surface area contributed by atoms with Crippen LogP contribution in [0.3, 0.4) is 0 Å². The minimum atomic E-state index is 0.0314. The van der Waals surface area contributed by atoms with Crippen molar-refractivity contribution >= 4 is 16.7 Å². The summed E-state index contributed by atoms with van der Waals surface area (Å²) in [5, 5.41) is 9.59. The van der Waals surface area contributed by atoms with Crippen LogP contribution in [0.1, 0.15) is 38.9 Å². The fourth-order valence-corrected chi connectivity index (χ4v) is 3.65. The van der Waals surface area contributed by atoms with Crippen LogP contribution < -0.4 is 5.56 Å². The third kappa shape index (κ3) is 2.95. The standard InChI is InChI=1S/C19H25N5O/c1-14(2)9-12-23-18(25)15-7-3-4-8-16(15)24-17(20-21-19(23)24)13-22-10-5-6-11-22/h3-4,7-8,14H,5-6,9-13H2,1-2H3. The van der Waals surface area contributed by atoms with E-state index in [2.05, 4.69) is 33.3 Å². The Kier molecular flexibility index (Phi) is 4.29. The molecule has 1 saturated heterocycles. The summed E-state index contributed by atoms with van der Waals surface area (Å²) in [6.45, 7) is 8.03. The number of hydrogen-bond donors (Lipinski definition) is 0. The molecule has 0 radical (unpaired) electrons. The normalized spacial score (nSPS) is 15.8. The Morgan fingerprint density at radius 2 is 1.88 bits per heavy atom. The van der Waals surface area contributed by atoms with Crippen molar-refractivity contribution in [2.75, 3.05) is 13.1 Å². The van der Waals surface area contributed by atoms with Gasteiger partial charge in [0.1, 0.15) is 0 Å². The lowest BCUT2D eigenvalue weighted by Gasteiger charge is -2.15. The van der Waals surface area contributed by atoms with Crippen LogP contribution in [0.4, 0.5) is 0 Å². The molecule has 132 valence electrons. The van der Waals surface area contributed by atoms with E-state index in [0.29, 0.717) is 18.2 Å². The summed E-state index contributed by atoms with van der Waals surface area (Å²) < 4.78 is 3.87. The molecule has 0 saturated carbocycles. The van der Waals surface area contributed by atoms with Gasteiger partial charge in [-0.05, 0) is 50.4 Å². The summed E-state index contributed by atoms with van der Waals surface area (Å²) >= 11 is 0. The molecule has 6 heteroatoms. The van der Waals surface area contributed by atoms with Crippen LogP contribution >= 0.6 is 0 Å². The Labute approximate surface area is 147 Å². The predicted octanol–water partition coefficient (Wildman–Crippen LogP) is 2.69. The zero-order valence-electron chi connectivity index (χ0n) is 15.0. The van der Waals surface area contributed by atoms with Crippen molar-refractivity contribution in [1.82, 2.24) is 24.1 Å². The molecule has 1 aromatic carbocycles. The predicted molar refractivity (Wildman–Crippen MR) is 98.7 cm³/mol. The average molecular weight is 339 g/mol. The molecule has 0 bridgehead atoms. The first-order valence-electron chi connectivity index (χ1n) is 9.23. The minimum absolute atomic E-state index is 0.0314. The van der Waals surface area contributed by atoms with E-state index in [1.54, 1.807) is 4.57 Å². The lowest BCUT2D eigenvalue weighted by Crippen LogP contribution is -2.25. The van der Waals surface area contributed by atoms with E-state index in [-0.39, 0.29) is 5.56 Å². The van der Waals surface area contributed by atoms with Crippen LogP contribution in [-0.4, -0.2) is 37.2 Å². The van der Waals surface area contributed by atoms with Crippen LogP contribution in [0, 0.1) is 5.92 Å². The molecular weight excluding hydrogens is 314 g/mol. The first-order chi connectivity index (χ1) is 12.1. The molecule has 0 spiro atoms. The zero-order valence-corrected chi connectivity index (χ0v) is 15.0. The van der Waals surface area contributed by atoms with Crippen LogP contribution in [0.2, 0.25) is 0 Å². The van der Waals surface area contributed by atoms with E-state index in [4.69, 9.17) is 0 Å². The largest absolute Gasteiger partial charge is 0.296 e. The number of benzene rings is 1. The minimum Gasteiger partial charge on any atom is -0.296 e. The smallest absolute Gasteiger partial charge is 0.262 e. The van der Waals surface area contributed by atoms with Crippen molar-refractivity contribution in [2.45, 2.75) is 46.2 Å². The molecule has 0 atom stereocenters. The fraction of sp³-hybridized carbons (Fsp3) is 0.526. The highest BCUT2D eigenvalue weighted by atomic mass is 16.1. The molecule has 4 rings (SSSR count). The van der Waals surface area contributed by atoms with Gasteiger partial charge in [0.15, 0.2) is 5.82 Å². The summed E-state index contributed by atoms with van der Waals surface area (Å²) in [5.74, 6) is 2.12. The Morgan fingerprint density at radius 1 is 1.12 bits per heavy atom. The summed E-state index contributed by atoms with van der Waals surface area (Å²) in [5.41, 5.74) is 0.936. The average Bonchev–Trinajstić information content (AvgIpc) is 3.25. The van der Waals surface area contributed by atoms with Gasteiger partial charge in [-0.15, -0.1) is 10.2 Å². The molecule has 0 unspecified atom stereocenters. The van der Waals surface area contributed by atoms with Gasteiger partial charge >= 0.3 is 0 Å². The lowest BCUT2D eigenvalue weighted by molar-refractivity contribution is 0.321. The van der Waals surface area contributed by atoms with Gasteiger partial charge in [0.2, 0.25) is 5.78 Å². The zero-order chi connectivity index (χ0) is 17.4. The summed E-state index contributed by atoms with van der Waals surface area (Å²) in [6.07, 6.45) is 3.44. The maximum Gasteiger partial charge on any atom is 0.262 e. The Bertz CT molecular complexity index is 949. The molecule has 0 aliphatic carbocycles. The number of fused-ring (bicyclic) bond motifs is 3. The molecule has 25 heavy (non-hydrogen) atoms. The monoisotopic (exact) mass is 339 g/mol. The number of aromatic nitrogens is 4. The highest BCUT2D eigenvalue weighted by Gasteiger charge is 2.19. The van der Waals surface area contributed by atoms with Crippen molar-refractivity contribution in [1.29, 1.82) is 0 Å². The topological polar surface area (TPSA) is 55.4 Å². The highest BCUT2D eigenvalue weighted by molar-refractivity contribution is 5.80. The van der Waals surface area contributed by atoms with Gasteiger partial charge in [0, 0.05) is 6.54 Å². The van der Waals surface area contributed by atoms with Gasteiger partial charge in [-0.2, -0.15) is 0 Å². The van der Waals surface area contributed by atoms with Crippen LogP contribution in [0.15, 0.2) is 29.1 Å². The van der Waals surface area contributed by atoms with E-state index in [1.165, 1.54) is 12.8 Å².